The maximum atomic E-state index is 12.3. The summed E-state index contributed by atoms with van der Waals surface area (Å²) in [5, 5.41) is 0. The van der Waals surface area contributed by atoms with Crippen molar-refractivity contribution in [2.24, 2.45) is 74.4 Å². The first-order valence-corrected chi connectivity index (χ1v) is 30.3. The molecule has 394 valence electrons. The maximum absolute atomic E-state index is 12.3. The highest BCUT2D eigenvalue weighted by Crippen LogP contribution is 2.65. The molecule has 13 rings (SSSR count). The molecule has 10 aliphatic carbocycles. The molecule has 4 nitrogen and oxygen atoms in total. The van der Waals surface area contributed by atoms with Crippen LogP contribution in [-0.4, -0.2) is 41.9 Å². The van der Waals surface area contributed by atoms with Crippen LogP contribution in [-0.2, 0) is 32.6 Å². The topological polar surface area (TPSA) is 54.5 Å². The van der Waals surface area contributed by atoms with Crippen LogP contribution in [0.15, 0.2) is 60.7 Å². The Hall–Kier alpha value is -2.85. The molecular weight excluding hydrogens is 879 g/mol. The van der Waals surface area contributed by atoms with E-state index in [4.69, 9.17) is 0 Å². The van der Waals surface area contributed by atoms with Crippen molar-refractivity contribution in [3.63, 3.8) is 0 Å². The molecule has 0 N–H and O–H groups in total. The van der Waals surface area contributed by atoms with Crippen molar-refractivity contribution in [2.75, 3.05) is 13.6 Å². The average Bonchev–Trinajstić information content (AvgIpc) is 3.89. The molecule has 11 aliphatic rings. The lowest BCUT2D eigenvalue weighted by Crippen LogP contribution is -2.59. The first-order valence-electron chi connectivity index (χ1n) is 30.3. The number of aryl methyl sites for hydroxylation is 1. The Morgan fingerprint density at radius 2 is 1.43 bits per heavy atom. The van der Waals surface area contributed by atoms with E-state index in [0.29, 0.717) is 68.1 Å². The van der Waals surface area contributed by atoms with Crippen LogP contribution in [0.2, 0.25) is 0 Å². The van der Waals surface area contributed by atoms with Gasteiger partial charge in [-0.25, -0.2) is 0 Å². The molecule has 2 aromatic carbocycles. The van der Waals surface area contributed by atoms with Crippen molar-refractivity contribution in [1.29, 1.82) is 0 Å². The third-order valence-corrected chi connectivity index (χ3v) is 24.4. The number of hydrogen-bond acceptors (Lipinski definition) is 4. The first-order chi connectivity index (χ1) is 34.2. The average molecular weight is 979 g/mol. The zero-order valence-corrected chi connectivity index (χ0v) is 47.2. The Bertz CT molecular complexity index is 2360. The number of carbonyl (C=O) groups is 3. The molecule has 0 aromatic heterocycles. The Labute approximate surface area is 438 Å². The number of Topliss-reactive ketones (excluding diaryl/α,β-unsaturated/α-hetero) is 3. The Morgan fingerprint density at radius 3 is 2.21 bits per heavy atom. The van der Waals surface area contributed by atoms with E-state index in [2.05, 4.69) is 116 Å². The van der Waals surface area contributed by atoms with Gasteiger partial charge >= 0.3 is 0 Å². The first kappa shape index (κ1) is 52.6. The molecule has 0 radical (unpaired) electrons. The molecule has 4 heteroatoms. The number of carbonyl (C=O) groups excluding carboxylic acids is 3. The number of likely N-dealkylation sites (tertiary alicyclic amines) is 1. The van der Waals surface area contributed by atoms with Gasteiger partial charge in [0, 0.05) is 42.1 Å². The number of hydrogen-bond donors (Lipinski definition) is 0. The number of fused-ring (bicyclic) bond motifs is 9. The predicted molar refractivity (Wildman–Crippen MR) is 297 cm³/mol. The number of allylic oxidation sites excluding steroid dienone is 1. The quantitative estimate of drug-likeness (QED) is 0.288. The number of likely N-dealkylation sites (N-methyl/N-ethyl adjacent to an activating group) is 1. The summed E-state index contributed by atoms with van der Waals surface area (Å²) in [5.74, 6) is 7.90. The minimum Gasteiger partial charge on any atom is -0.303 e. The zero-order valence-electron chi connectivity index (χ0n) is 47.2. The third kappa shape index (κ3) is 9.47. The van der Waals surface area contributed by atoms with Gasteiger partial charge in [-0.15, -0.1) is 0 Å². The highest BCUT2D eigenvalue weighted by atomic mass is 16.1. The predicted octanol–water partition coefficient (Wildman–Crippen LogP) is 16.5. The summed E-state index contributed by atoms with van der Waals surface area (Å²) in [4.78, 5) is 38.4. The summed E-state index contributed by atoms with van der Waals surface area (Å²) in [6, 6.07) is 19.1. The van der Waals surface area contributed by atoms with Crippen molar-refractivity contribution >= 4 is 17.3 Å². The number of piperidine rings is 1. The van der Waals surface area contributed by atoms with Gasteiger partial charge in [-0.1, -0.05) is 128 Å². The lowest BCUT2D eigenvalue weighted by atomic mass is 9.47. The van der Waals surface area contributed by atoms with Crippen LogP contribution in [0.1, 0.15) is 231 Å². The van der Waals surface area contributed by atoms with Gasteiger partial charge in [0.25, 0.3) is 0 Å². The van der Waals surface area contributed by atoms with E-state index in [0.717, 1.165) is 80.6 Å². The van der Waals surface area contributed by atoms with Gasteiger partial charge in [0.2, 0.25) is 0 Å². The normalized spacial score (nSPS) is 41.5. The van der Waals surface area contributed by atoms with Crippen LogP contribution < -0.4 is 0 Å². The number of benzene rings is 2. The number of nitrogens with zero attached hydrogens (tertiary/aromatic N) is 1. The molecule has 9 fully saturated rings. The molecular formula is C68H99NO3. The van der Waals surface area contributed by atoms with Crippen LogP contribution in [0, 0.1) is 74.4 Å². The van der Waals surface area contributed by atoms with E-state index in [-0.39, 0.29) is 5.41 Å². The molecule has 2 unspecified atom stereocenters. The molecule has 1 aliphatic heterocycles. The van der Waals surface area contributed by atoms with Gasteiger partial charge in [0.05, 0.1) is 0 Å². The lowest BCUT2D eigenvalue weighted by molar-refractivity contribution is -0.137. The summed E-state index contributed by atoms with van der Waals surface area (Å²) in [6.45, 7) is 24.1. The Kier molecular flexibility index (Phi) is 14.6. The van der Waals surface area contributed by atoms with E-state index in [1.165, 1.54) is 128 Å². The van der Waals surface area contributed by atoms with Gasteiger partial charge < -0.3 is 9.69 Å². The van der Waals surface area contributed by atoms with Crippen LogP contribution in [0.3, 0.4) is 0 Å². The molecule has 72 heavy (non-hydrogen) atoms. The van der Waals surface area contributed by atoms with Crippen LogP contribution >= 0.6 is 0 Å². The van der Waals surface area contributed by atoms with E-state index >= 15 is 0 Å². The van der Waals surface area contributed by atoms with Crippen molar-refractivity contribution in [3.05, 3.63) is 82.9 Å². The summed E-state index contributed by atoms with van der Waals surface area (Å²) in [6.07, 6.45) is 30.9. The standard InChI is InChI=1S/C18H22O.C18H30O.C17H23N.C15H24O/c1-18-11-10-14-13-5-3-2-4-12(13)6-7-15(14)16(18)8-9-17(18)19;1-13-7-10-16-17(3,4)11-6-12-18(16,5)15(13)9-8-14(2)19;1-18-11-10-17-9-5-4-8-15(17)16(18)12-13-6-2-3-7-14(13)17;1-14(2)9-11-12(14)6-7-15(3)8-10(15)4-5-13(11)16/h2-5,14-16H,6-11H2,1H3;15-16H,1,6-12H2,2-5H3;2-3,6-7,15-16H,4-5,8-12H2,1H3;10-12H,4-9H2,1-3H3/t14-,15-,16+,18+;15-,16?,18+;15-,16+,17-;10-,11?,12+,15-/m1000/s1. The van der Waals surface area contributed by atoms with E-state index in [1.807, 2.05) is 0 Å². The zero-order chi connectivity index (χ0) is 51.0. The monoisotopic (exact) mass is 978 g/mol. The largest absolute Gasteiger partial charge is 0.303 e. The third-order valence-electron chi connectivity index (χ3n) is 24.4. The Morgan fingerprint density at radius 1 is 0.667 bits per heavy atom. The fourth-order valence-electron chi connectivity index (χ4n) is 20.0. The van der Waals surface area contributed by atoms with Gasteiger partial charge in [-0.2, -0.15) is 0 Å². The van der Waals surface area contributed by atoms with Gasteiger partial charge in [0.1, 0.15) is 17.3 Å². The summed E-state index contributed by atoms with van der Waals surface area (Å²) < 4.78 is 0. The summed E-state index contributed by atoms with van der Waals surface area (Å²) >= 11 is 0. The second-order valence-corrected chi connectivity index (χ2v) is 29.1. The van der Waals surface area contributed by atoms with Gasteiger partial charge in [0.15, 0.2) is 0 Å². The second-order valence-electron chi connectivity index (χ2n) is 29.1. The minimum absolute atomic E-state index is 0.0213. The number of rotatable bonds is 3. The maximum Gasteiger partial charge on any atom is 0.139 e. The number of ketones is 3. The molecule has 0 amide bonds. The minimum atomic E-state index is 0.0213. The van der Waals surface area contributed by atoms with Crippen molar-refractivity contribution in [2.45, 2.75) is 233 Å². The van der Waals surface area contributed by atoms with Crippen molar-refractivity contribution in [3.8, 4) is 0 Å². The Balaban J connectivity index is 0.000000111. The molecule has 1 heterocycles. The summed E-state index contributed by atoms with van der Waals surface area (Å²) in [7, 11) is 2.34. The SMILES string of the molecule is C=C1CCC2C(C)(C)CCC[C@]2(C)[C@H]1CCC(C)=O.CC1(C)CC2C(=O)CC[C@H]3C[C@]3(C)CC[C@H]21.CN1CC[C@]23CCCC[C@H]2[C@H]1Cc1ccccc13.C[C@]12CC[C@@H]3c4ccccc4CC[C@H]3[C@@H]1CCC2=O. The fourth-order valence-corrected chi connectivity index (χ4v) is 20.0. The smallest absolute Gasteiger partial charge is 0.139 e. The van der Waals surface area contributed by atoms with Gasteiger partial charge in [-0.05, 0) is 234 Å². The molecule has 1 saturated heterocycles. The molecule has 2 bridgehead atoms. The van der Waals surface area contributed by atoms with Crippen LogP contribution in [0.4, 0.5) is 0 Å². The van der Waals surface area contributed by atoms with Crippen LogP contribution in [0.5, 0.6) is 0 Å². The highest BCUT2D eigenvalue weighted by molar-refractivity contribution is 5.87. The molecule has 14 atom stereocenters. The highest BCUT2D eigenvalue weighted by Gasteiger charge is 2.58. The van der Waals surface area contributed by atoms with Crippen molar-refractivity contribution in [1.82, 2.24) is 4.90 Å². The molecule has 8 saturated carbocycles. The second kappa shape index (κ2) is 19.9. The lowest BCUT2D eigenvalue weighted by Gasteiger charge is -2.58. The molecule has 0 spiro atoms. The van der Waals surface area contributed by atoms with E-state index < -0.39 is 0 Å². The van der Waals surface area contributed by atoms with Gasteiger partial charge in [-0.3, -0.25) is 9.59 Å². The van der Waals surface area contributed by atoms with Crippen LogP contribution in [0.25, 0.3) is 0 Å². The molecule has 2 aromatic rings. The van der Waals surface area contributed by atoms with E-state index in [1.54, 1.807) is 29.2 Å². The van der Waals surface area contributed by atoms with E-state index in [9.17, 15) is 14.4 Å². The van der Waals surface area contributed by atoms with Crippen molar-refractivity contribution < 1.29 is 14.4 Å². The summed E-state index contributed by atoms with van der Waals surface area (Å²) in [5.41, 5.74) is 10.4. The fraction of sp³-hybridized carbons (Fsp3) is 0.750.